The number of aromatic nitrogens is 2. The zero-order valence-electron chi connectivity index (χ0n) is 12.1. The van der Waals surface area contributed by atoms with Gasteiger partial charge in [0.25, 0.3) is 5.95 Å². The molecule has 110 valence electrons. The highest BCUT2D eigenvalue weighted by molar-refractivity contribution is 5.66. The number of aliphatic imine (C=N–C) groups is 1. The molecule has 1 heterocycles. The van der Waals surface area contributed by atoms with Gasteiger partial charge in [0.05, 0.1) is 17.6 Å². The molecule has 2 rings (SSSR count). The molecule has 0 N–H and O–H groups in total. The minimum absolute atomic E-state index is 0.141. The smallest absolute Gasteiger partial charge is 0.251 e. The summed E-state index contributed by atoms with van der Waals surface area (Å²) in [5.74, 6) is -1.13. The number of rotatable bonds is 4. The average Bonchev–Trinajstić information content (AvgIpc) is 2.45. The van der Waals surface area contributed by atoms with Crippen LogP contribution in [0.25, 0.3) is 11.3 Å². The zero-order valence-corrected chi connectivity index (χ0v) is 12.1. The maximum atomic E-state index is 14.0. The van der Waals surface area contributed by atoms with Crippen LogP contribution in [0.15, 0.2) is 29.4 Å². The van der Waals surface area contributed by atoms with Crippen molar-refractivity contribution < 1.29 is 8.78 Å². The SMILES string of the molecule is CCc1cnc(N=CN(C)C)nc1-c1c(F)cccc1F. The molecule has 0 bridgehead atoms. The quantitative estimate of drug-likeness (QED) is 0.641. The fraction of sp³-hybridized carbons (Fsp3) is 0.267. The third kappa shape index (κ3) is 3.39. The summed E-state index contributed by atoms with van der Waals surface area (Å²) in [6, 6.07) is 3.75. The molecule has 0 aliphatic rings. The number of hydrogen-bond acceptors (Lipinski definition) is 3. The summed E-state index contributed by atoms with van der Waals surface area (Å²) in [6.45, 7) is 1.88. The summed E-state index contributed by atoms with van der Waals surface area (Å²) in [6.07, 6.45) is 3.65. The number of hydrogen-bond donors (Lipinski definition) is 0. The normalized spacial score (nSPS) is 11.1. The van der Waals surface area contributed by atoms with Crippen molar-refractivity contribution in [3.8, 4) is 11.3 Å². The van der Waals surface area contributed by atoms with E-state index in [-0.39, 0.29) is 17.2 Å². The topological polar surface area (TPSA) is 41.4 Å². The van der Waals surface area contributed by atoms with Gasteiger partial charge in [-0.25, -0.2) is 23.7 Å². The van der Waals surface area contributed by atoms with Crippen LogP contribution in [0.4, 0.5) is 14.7 Å². The lowest BCUT2D eigenvalue weighted by Crippen LogP contribution is -2.07. The molecule has 0 fully saturated rings. The molecule has 6 heteroatoms. The Labute approximate surface area is 122 Å². The van der Waals surface area contributed by atoms with Crippen LogP contribution in [0.5, 0.6) is 0 Å². The number of halogens is 2. The Bertz CT molecular complexity index is 648. The van der Waals surface area contributed by atoms with Gasteiger partial charge in [0.15, 0.2) is 0 Å². The summed E-state index contributed by atoms with van der Waals surface area (Å²) in [7, 11) is 3.61. The highest BCUT2D eigenvalue weighted by atomic mass is 19.1. The Hall–Kier alpha value is -2.37. The van der Waals surface area contributed by atoms with Gasteiger partial charge in [0, 0.05) is 20.3 Å². The van der Waals surface area contributed by atoms with Gasteiger partial charge in [-0.2, -0.15) is 0 Å². The molecule has 0 radical (unpaired) electrons. The van der Waals surface area contributed by atoms with Crippen LogP contribution in [0.1, 0.15) is 12.5 Å². The summed E-state index contributed by atoms with van der Waals surface area (Å²) >= 11 is 0. The molecular weight excluding hydrogens is 274 g/mol. The number of nitrogens with zero attached hydrogens (tertiary/aromatic N) is 4. The minimum atomic E-state index is -0.647. The third-order valence-corrected chi connectivity index (χ3v) is 2.84. The Balaban J connectivity index is 2.58. The van der Waals surface area contributed by atoms with Gasteiger partial charge < -0.3 is 4.90 Å². The molecule has 0 spiro atoms. The molecule has 4 nitrogen and oxygen atoms in total. The monoisotopic (exact) mass is 290 g/mol. The van der Waals surface area contributed by atoms with Gasteiger partial charge in [0.1, 0.15) is 11.6 Å². The van der Waals surface area contributed by atoms with Crippen molar-refractivity contribution in [1.29, 1.82) is 0 Å². The summed E-state index contributed by atoms with van der Waals surface area (Å²) in [5.41, 5.74) is 0.773. The van der Waals surface area contributed by atoms with E-state index in [1.54, 1.807) is 25.2 Å². The van der Waals surface area contributed by atoms with Crippen LogP contribution in [0, 0.1) is 11.6 Å². The standard InChI is InChI=1S/C15H16F2N4/c1-4-10-8-18-15(19-9-21(2)3)20-14(10)13-11(16)6-5-7-12(13)17/h5-9H,4H2,1-3H3. The Kier molecular flexibility index (Phi) is 4.57. The van der Waals surface area contributed by atoms with E-state index in [2.05, 4.69) is 15.0 Å². The van der Waals surface area contributed by atoms with E-state index in [4.69, 9.17) is 0 Å². The van der Waals surface area contributed by atoms with Crippen LogP contribution >= 0.6 is 0 Å². The zero-order chi connectivity index (χ0) is 15.4. The molecule has 0 amide bonds. The Morgan fingerprint density at radius 2 is 1.90 bits per heavy atom. The van der Waals surface area contributed by atoms with Crippen LogP contribution in [-0.2, 0) is 6.42 Å². The van der Waals surface area contributed by atoms with Crippen LogP contribution in [0.3, 0.4) is 0 Å². The van der Waals surface area contributed by atoms with E-state index in [0.717, 1.165) is 0 Å². The summed E-state index contributed by atoms with van der Waals surface area (Å²) < 4.78 is 27.9. The lowest BCUT2D eigenvalue weighted by atomic mass is 10.0. The van der Waals surface area contributed by atoms with Crippen molar-refractivity contribution in [2.24, 2.45) is 4.99 Å². The van der Waals surface area contributed by atoms with Crippen LogP contribution in [-0.4, -0.2) is 35.3 Å². The molecule has 1 aromatic heterocycles. The molecule has 21 heavy (non-hydrogen) atoms. The molecule has 1 aromatic carbocycles. The van der Waals surface area contributed by atoms with Gasteiger partial charge >= 0.3 is 0 Å². The van der Waals surface area contributed by atoms with Gasteiger partial charge in [-0.3, -0.25) is 0 Å². The fourth-order valence-electron chi connectivity index (χ4n) is 1.83. The van der Waals surface area contributed by atoms with Crippen molar-refractivity contribution in [3.63, 3.8) is 0 Å². The van der Waals surface area contributed by atoms with Gasteiger partial charge in [0.2, 0.25) is 0 Å². The molecule has 0 saturated heterocycles. The molecule has 2 aromatic rings. The van der Waals surface area contributed by atoms with Crippen molar-refractivity contribution in [2.45, 2.75) is 13.3 Å². The Morgan fingerprint density at radius 3 is 2.48 bits per heavy atom. The van der Waals surface area contributed by atoms with E-state index in [1.807, 2.05) is 6.92 Å². The predicted molar refractivity (Wildman–Crippen MR) is 78.6 cm³/mol. The first-order chi connectivity index (χ1) is 10.0. The second-order valence-corrected chi connectivity index (χ2v) is 4.70. The first-order valence-electron chi connectivity index (χ1n) is 6.53. The highest BCUT2D eigenvalue weighted by Gasteiger charge is 2.16. The molecule has 0 saturated carbocycles. The largest absolute Gasteiger partial charge is 0.369 e. The van der Waals surface area contributed by atoms with E-state index < -0.39 is 11.6 Å². The lowest BCUT2D eigenvalue weighted by Gasteiger charge is -2.09. The Morgan fingerprint density at radius 1 is 1.24 bits per heavy atom. The highest BCUT2D eigenvalue weighted by Crippen LogP contribution is 2.28. The number of aryl methyl sites for hydroxylation is 1. The van der Waals surface area contributed by atoms with Crippen LogP contribution in [0.2, 0.25) is 0 Å². The third-order valence-electron chi connectivity index (χ3n) is 2.84. The van der Waals surface area contributed by atoms with Crippen molar-refractivity contribution in [3.05, 3.63) is 41.6 Å². The van der Waals surface area contributed by atoms with E-state index in [0.29, 0.717) is 12.0 Å². The number of benzene rings is 1. The average molecular weight is 290 g/mol. The first-order valence-corrected chi connectivity index (χ1v) is 6.53. The predicted octanol–water partition coefficient (Wildman–Crippen LogP) is 3.21. The molecular formula is C15H16F2N4. The fourth-order valence-corrected chi connectivity index (χ4v) is 1.83. The molecule has 0 aliphatic carbocycles. The van der Waals surface area contributed by atoms with Gasteiger partial charge in [-0.15, -0.1) is 0 Å². The maximum Gasteiger partial charge on any atom is 0.251 e. The first kappa shape index (κ1) is 15.0. The molecule has 0 atom stereocenters. The second kappa shape index (κ2) is 6.39. The molecule has 0 unspecified atom stereocenters. The minimum Gasteiger partial charge on any atom is -0.369 e. The second-order valence-electron chi connectivity index (χ2n) is 4.70. The van der Waals surface area contributed by atoms with E-state index in [9.17, 15) is 8.78 Å². The summed E-state index contributed by atoms with van der Waals surface area (Å²) in [5, 5.41) is 0. The van der Waals surface area contributed by atoms with E-state index in [1.165, 1.54) is 24.5 Å². The maximum absolute atomic E-state index is 14.0. The molecule has 0 aliphatic heterocycles. The van der Waals surface area contributed by atoms with Crippen molar-refractivity contribution >= 4 is 12.3 Å². The van der Waals surface area contributed by atoms with Crippen LogP contribution < -0.4 is 0 Å². The lowest BCUT2D eigenvalue weighted by molar-refractivity contribution is 0.588. The van der Waals surface area contributed by atoms with Crippen molar-refractivity contribution in [1.82, 2.24) is 14.9 Å². The summed E-state index contributed by atoms with van der Waals surface area (Å²) in [4.78, 5) is 14.1. The van der Waals surface area contributed by atoms with Gasteiger partial charge in [-0.1, -0.05) is 13.0 Å². The van der Waals surface area contributed by atoms with Gasteiger partial charge in [-0.05, 0) is 24.1 Å². The van der Waals surface area contributed by atoms with E-state index >= 15 is 0 Å². The van der Waals surface area contributed by atoms with Crippen molar-refractivity contribution in [2.75, 3.05) is 14.1 Å².